The molecule has 0 aromatic heterocycles. The molecule has 2 aromatic rings. The third kappa shape index (κ3) is 3.57. The van der Waals surface area contributed by atoms with Crippen LogP contribution in [0.25, 0.3) is 0 Å². The average Bonchev–Trinajstić information content (AvgIpc) is 2.38. The fourth-order valence-electron chi connectivity index (χ4n) is 1.50. The minimum absolute atomic E-state index is 0.00597. The minimum Gasteiger partial charge on any atom is -0.485 e. The summed E-state index contributed by atoms with van der Waals surface area (Å²) in [7, 11) is 0. The molecule has 2 aromatic carbocycles. The number of carbonyl (C=O) groups excluding carboxylic acids is 1. The minimum atomic E-state index is -0.00597. The molecule has 0 saturated heterocycles. The third-order valence-corrected chi connectivity index (χ3v) is 3.28. The van der Waals surface area contributed by atoms with Crippen molar-refractivity contribution in [1.82, 2.24) is 0 Å². The molecule has 0 aliphatic heterocycles. The van der Waals surface area contributed by atoms with Gasteiger partial charge in [0.15, 0.2) is 12.4 Å². The molecule has 2 nitrogen and oxygen atoms in total. The van der Waals surface area contributed by atoms with Gasteiger partial charge in [0.25, 0.3) is 0 Å². The topological polar surface area (TPSA) is 26.3 Å². The Labute approximate surface area is 120 Å². The Kier molecular flexibility index (Phi) is 4.36. The Morgan fingerprint density at radius 3 is 2.28 bits per heavy atom. The van der Waals surface area contributed by atoms with Crippen LogP contribution in [0.1, 0.15) is 15.9 Å². The maximum absolute atomic E-state index is 11.9. The highest BCUT2D eigenvalue weighted by Gasteiger charge is 2.06. The molecule has 0 fully saturated rings. The second-order valence-electron chi connectivity index (χ2n) is 4.03. The summed E-state index contributed by atoms with van der Waals surface area (Å²) in [4.78, 5) is 11.9. The largest absolute Gasteiger partial charge is 0.485 e. The smallest absolute Gasteiger partial charge is 0.200 e. The van der Waals surface area contributed by atoms with Gasteiger partial charge in [-0.3, -0.25) is 4.79 Å². The van der Waals surface area contributed by atoms with Gasteiger partial charge in [-0.2, -0.15) is 0 Å². The van der Waals surface area contributed by atoms with E-state index in [1.165, 1.54) is 0 Å². The van der Waals surface area contributed by atoms with E-state index in [4.69, 9.17) is 4.74 Å². The zero-order valence-electron chi connectivity index (χ0n) is 10.0. The molecule has 0 saturated carbocycles. The lowest BCUT2D eigenvalue weighted by molar-refractivity contribution is 0.0921. The molecule has 0 N–H and O–H groups in total. The van der Waals surface area contributed by atoms with Crippen LogP contribution in [0.15, 0.2) is 48.5 Å². The van der Waals surface area contributed by atoms with Crippen LogP contribution in [0, 0.1) is 10.5 Å². The summed E-state index contributed by atoms with van der Waals surface area (Å²) in [5, 5.41) is 0. The van der Waals surface area contributed by atoms with E-state index >= 15 is 0 Å². The van der Waals surface area contributed by atoms with Gasteiger partial charge in [-0.1, -0.05) is 29.8 Å². The number of hydrogen-bond donors (Lipinski definition) is 0. The maximum atomic E-state index is 11.9. The Bertz CT molecular complexity index is 529. The number of rotatable bonds is 4. The zero-order valence-corrected chi connectivity index (χ0v) is 12.2. The molecular weight excluding hydrogens is 339 g/mol. The van der Waals surface area contributed by atoms with Crippen molar-refractivity contribution in [3.8, 4) is 5.75 Å². The molecule has 0 bridgehead atoms. The summed E-state index contributed by atoms with van der Waals surface area (Å²) in [6, 6.07) is 15.1. The molecule has 0 radical (unpaired) electrons. The fourth-order valence-corrected chi connectivity index (χ4v) is 1.86. The number of ketones is 1. The van der Waals surface area contributed by atoms with Crippen molar-refractivity contribution in [2.24, 2.45) is 0 Å². The second-order valence-corrected chi connectivity index (χ2v) is 5.28. The molecule has 0 heterocycles. The summed E-state index contributed by atoms with van der Waals surface area (Å²) in [6.45, 7) is 2.07. The van der Waals surface area contributed by atoms with E-state index in [0.717, 1.165) is 14.9 Å². The van der Waals surface area contributed by atoms with Crippen molar-refractivity contribution >= 4 is 28.4 Å². The first-order chi connectivity index (χ1) is 8.65. The molecule has 0 spiro atoms. The van der Waals surface area contributed by atoms with Crippen molar-refractivity contribution in [2.45, 2.75) is 6.92 Å². The maximum Gasteiger partial charge on any atom is 0.200 e. The van der Waals surface area contributed by atoms with Gasteiger partial charge >= 0.3 is 0 Å². The van der Waals surface area contributed by atoms with Crippen LogP contribution in [0.4, 0.5) is 0 Å². The highest BCUT2D eigenvalue weighted by molar-refractivity contribution is 14.1. The highest BCUT2D eigenvalue weighted by atomic mass is 127. The Morgan fingerprint density at radius 1 is 1.06 bits per heavy atom. The van der Waals surface area contributed by atoms with E-state index in [1.807, 2.05) is 55.5 Å². The van der Waals surface area contributed by atoms with Crippen LogP contribution >= 0.6 is 22.6 Å². The van der Waals surface area contributed by atoms with Crippen LogP contribution < -0.4 is 4.74 Å². The van der Waals surface area contributed by atoms with Crippen LogP contribution in [0.2, 0.25) is 0 Å². The van der Waals surface area contributed by atoms with Crippen molar-refractivity contribution in [3.05, 3.63) is 63.2 Å². The lowest BCUT2D eigenvalue weighted by Gasteiger charge is -2.05. The molecule has 0 unspecified atom stereocenters. The van der Waals surface area contributed by atoms with Gasteiger partial charge in [0.05, 0.1) is 0 Å². The molecule has 92 valence electrons. The van der Waals surface area contributed by atoms with E-state index in [-0.39, 0.29) is 12.4 Å². The van der Waals surface area contributed by atoms with Crippen molar-refractivity contribution in [1.29, 1.82) is 0 Å². The van der Waals surface area contributed by atoms with Crippen molar-refractivity contribution < 1.29 is 9.53 Å². The van der Waals surface area contributed by atoms with Gasteiger partial charge < -0.3 is 4.74 Å². The Hall–Kier alpha value is -1.36. The summed E-state index contributed by atoms with van der Waals surface area (Å²) in [5.41, 5.74) is 1.83. The quantitative estimate of drug-likeness (QED) is 0.617. The molecule has 2 rings (SSSR count). The number of benzene rings is 2. The Morgan fingerprint density at radius 2 is 1.67 bits per heavy atom. The fraction of sp³-hybridized carbons (Fsp3) is 0.133. The SMILES string of the molecule is Cc1ccc(C(=O)COc2ccc(I)cc2)cc1. The molecule has 0 amide bonds. The van der Waals surface area contributed by atoms with Crippen molar-refractivity contribution in [3.63, 3.8) is 0 Å². The van der Waals surface area contributed by atoms with Gasteiger partial charge in [-0.25, -0.2) is 0 Å². The van der Waals surface area contributed by atoms with Gasteiger partial charge in [0.1, 0.15) is 5.75 Å². The molecule has 0 aliphatic rings. The number of hydrogen-bond acceptors (Lipinski definition) is 2. The predicted octanol–water partition coefficient (Wildman–Crippen LogP) is 3.86. The molecule has 0 atom stereocenters. The summed E-state index contributed by atoms with van der Waals surface area (Å²) >= 11 is 2.23. The summed E-state index contributed by atoms with van der Waals surface area (Å²) < 4.78 is 6.60. The van der Waals surface area contributed by atoms with Crippen LogP contribution in [-0.2, 0) is 0 Å². The second kappa shape index (κ2) is 6.00. The van der Waals surface area contributed by atoms with Gasteiger partial charge in [-0.15, -0.1) is 0 Å². The van der Waals surface area contributed by atoms with Crippen LogP contribution in [-0.4, -0.2) is 12.4 Å². The average molecular weight is 352 g/mol. The zero-order chi connectivity index (χ0) is 13.0. The van der Waals surface area contributed by atoms with E-state index in [2.05, 4.69) is 22.6 Å². The molecule has 3 heteroatoms. The van der Waals surface area contributed by atoms with E-state index in [1.54, 1.807) is 0 Å². The van der Waals surface area contributed by atoms with E-state index < -0.39 is 0 Å². The Balaban J connectivity index is 1.96. The van der Waals surface area contributed by atoms with Gasteiger partial charge in [0, 0.05) is 9.13 Å². The first-order valence-electron chi connectivity index (χ1n) is 5.63. The lowest BCUT2D eigenvalue weighted by atomic mass is 10.1. The standard InChI is InChI=1S/C15H13IO2/c1-11-2-4-12(5-3-11)15(17)10-18-14-8-6-13(16)7-9-14/h2-9H,10H2,1H3. The number of Topliss-reactive ketones (excluding diaryl/α,β-unsaturated/α-hetero) is 1. The first-order valence-corrected chi connectivity index (χ1v) is 6.71. The highest BCUT2D eigenvalue weighted by Crippen LogP contribution is 2.14. The molecular formula is C15H13IO2. The molecule has 18 heavy (non-hydrogen) atoms. The molecule has 0 aliphatic carbocycles. The predicted molar refractivity (Wildman–Crippen MR) is 80.2 cm³/mol. The van der Waals surface area contributed by atoms with Gasteiger partial charge in [0.2, 0.25) is 0 Å². The third-order valence-electron chi connectivity index (χ3n) is 2.56. The van der Waals surface area contributed by atoms with Crippen molar-refractivity contribution in [2.75, 3.05) is 6.61 Å². The van der Waals surface area contributed by atoms with E-state index in [0.29, 0.717) is 5.56 Å². The van der Waals surface area contributed by atoms with Gasteiger partial charge in [-0.05, 0) is 53.8 Å². The normalized spacial score (nSPS) is 10.1. The number of carbonyl (C=O) groups is 1. The summed E-state index contributed by atoms with van der Waals surface area (Å²) in [5.74, 6) is 0.712. The first kappa shape index (κ1) is 13.1. The van der Waals surface area contributed by atoms with E-state index in [9.17, 15) is 4.79 Å². The number of aryl methyl sites for hydroxylation is 1. The van der Waals surface area contributed by atoms with Crippen LogP contribution in [0.3, 0.4) is 0 Å². The number of halogens is 1. The van der Waals surface area contributed by atoms with Crippen LogP contribution in [0.5, 0.6) is 5.75 Å². The number of ether oxygens (including phenoxy) is 1. The lowest BCUT2D eigenvalue weighted by Crippen LogP contribution is -2.11. The monoisotopic (exact) mass is 352 g/mol. The summed E-state index contributed by atoms with van der Waals surface area (Å²) in [6.07, 6.45) is 0.